The number of anilines is 1. The van der Waals surface area contributed by atoms with Crippen LogP contribution in [-0.4, -0.2) is 15.9 Å². The van der Waals surface area contributed by atoms with Gasteiger partial charge in [0.15, 0.2) is 0 Å². The minimum absolute atomic E-state index is 0.166. The second-order valence-electron chi connectivity index (χ2n) is 5.72. The Morgan fingerprint density at radius 3 is 2.17 bits per heavy atom. The summed E-state index contributed by atoms with van der Waals surface area (Å²) in [5, 5.41) is 23.0. The highest BCUT2D eigenvalue weighted by atomic mass is 16.3. The first-order valence-corrected chi connectivity index (χ1v) is 7.45. The Balaban J connectivity index is 2.17. The van der Waals surface area contributed by atoms with Gasteiger partial charge in [-0.25, -0.2) is 4.99 Å². The number of aliphatic imine (C=N–C) groups is 1. The first-order valence-electron chi connectivity index (χ1n) is 7.45. The summed E-state index contributed by atoms with van der Waals surface area (Å²) >= 11 is 0. The van der Waals surface area contributed by atoms with Gasteiger partial charge < -0.3 is 15.5 Å². The van der Waals surface area contributed by atoms with Gasteiger partial charge in [0.05, 0.1) is 5.69 Å². The maximum absolute atomic E-state index is 9.92. The molecule has 0 aliphatic heterocycles. The van der Waals surface area contributed by atoms with Crippen LogP contribution < -0.4 is 5.32 Å². The molecule has 0 unspecified atom stereocenters. The Labute approximate surface area is 136 Å². The van der Waals surface area contributed by atoms with E-state index >= 15 is 0 Å². The Morgan fingerprint density at radius 2 is 1.57 bits per heavy atom. The van der Waals surface area contributed by atoms with Gasteiger partial charge in [-0.05, 0) is 69.2 Å². The van der Waals surface area contributed by atoms with Gasteiger partial charge in [-0.2, -0.15) is 0 Å². The van der Waals surface area contributed by atoms with Crippen molar-refractivity contribution >= 4 is 17.1 Å². The van der Waals surface area contributed by atoms with Crippen molar-refractivity contribution in [3.8, 4) is 11.5 Å². The van der Waals surface area contributed by atoms with Gasteiger partial charge >= 0.3 is 0 Å². The molecule has 0 aromatic heterocycles. The molecule has 0 aliphatic rings. The van der Waals surface area contributed by atoms with E-state index in [9.17, 15) is 10.2 Å². The molecule has 120 valence electrons. The molecule has 2 rings (SSSR count). The van der Waals surface area contributed by atoms with Gasteiger partial charge in [-0.3, -0.25) is 0 Å². The number of aromatic hydroxyl groups is 2. The summed E-state index contributed by atoms with van der Waals surface area (Å²) in [5.74, 6) is 0.378. The van der Waals surface area contributed by atoms with E-state index in [1.54, 1.807) is 18.2 Å². The molecule has 0 saturated heterocycles. The van der Waals surface area contributed by atoms with Crippen molar-refractivity contribution in [2.75, 3.05) is 5.32 Å². The van der Waals surface area contributed by atoms with Crippen LogP contribution in [0.15, 0.2) is 53.2 Å². The summed E-state index contributed by atoms with van der Waals surface area (Å²) in [6.45, 7) is 7.60. The normalized spacial score (nSPS) is 12.3. The van der Waals surface area contributed by atoms with Gasteiger partial charge in [-0.15, -0.1) is 0 Å². The van der Waals surface area contributed by atoms with Crippen LogP contribution in [0.25, 0.3) is 0 Å². The molecular weight excluding hydrogens is 288 g/mol. The molecule has 2 aromatic carbocycles. The van der Waals surface area contributed by atoms with Gasteiger partial charge in [0.2, 0.25) is 0 Å². The van der Waals surface area contributed by atoms with Crippen LogP contribution in [0, 0.1) is 13.8 Å². The minimum atomic E-state index is 0.166. The zero-order chi connectivity index (χ0) is 17.0. The number of aryl methyl sites for hydroxylation is 2. The van der Waals surface area contributed by atoms with Crippen molar-refractivity contribution in [2.45, 2.75) is 27.7 Å². The number of rotatable bonds is 4. The third kappa shape index (κ3) is 4.61. The van der Waals surface area contributed by atoms with Gasteiger partial charge in [0, 0.05) is 11.4 Å². The molecule has 2 aromatic rings. The predicted molar refractivity (Wildman–Crippen MR) is 95.8 cm³/mol. The average Bonchev–Trinajstić information content (AvgIpc) is 2.45. The lowest BCUT2D eigenvalue weighted by Crippen LogP contribution is -1.99. The Morgan fingerprint density at radius 1 is 0.957 bits per heavy atom. The standard InChI is InChI=1S/C19H22N2O2/c1-12-5-7-16(18(22)9-12)20-14(3)11-15(4)21-17-8-6-13(2)10-19(17)23/h5-11,20,22-23H,1-4H3/b14-11+,21-15?. The van der Waals surface area contributed by atoms with E-state index in [1.807, 2.05) is 52.0 Å². The van der Waals surface area contributed by atoms with E-state index in [2.05, 4.69) is 10.3 Å². The fraction of sp³-hybridized carbons (Fsp3) is 0.211. The van der Waals surface area contributed by atoms with Gasteiger partial charge in [0.25, 0.3) is 0 Å². The molecule has 0 radical (unpaired) electrons. The summed E-state index contributed by atoms with van der Waals surface area (Å²) in [7, 11) is 0. The molecule has 4 nitrogen and oxygen atoms in total. The maximum Gasteiger partial charge on any atom is 0.141 e. The van der Waals surface area contributed by atoms with Crippen molar-refractivity contribution in [1.82, 2.24) is 0 Å². The van der Waals surface area contributed by atoms with E-state index in [-0.39, 0.29) is 11.5 Å². The highest BCUT2D eigenvalue weighted by Gasteiger charge is 2.02. The molecule has 0 spiro atoms. The van der Waals surface area contributed by atoms with Crippen LogP contribution in [0.5, 0.6) is 11.5 Å². The number of hydrogen-bond acceptors (Lipinski definition) is 4. The number of nitrogens with one attached hydrogen (secondary N) is 1. The SMILES string of the molecule is CC(/C=C(\C)Nc1ccc(C)cc1O)=Nc1ccc(C)cc1O. The maximum atomic E-state index is 9.92. The van der Waals surface area contributed by atoms with Crippen molar-refractivity contribution in [1.29, 1.82) is 0 Å². The summed E-state index contributed by atoms with van der Waals surface area (Å²) in [6, 6.07) is 10.9. The third-order valence-electron chi connectivity index (χ3n) is 3.34. The largest absolute Gasteiger partial charge is 0.506 e. The summed E-state index contributed by atoms with van der Waals surface area (Å²) in [6.07, 6.45) is 1.86. The molecule has 0 atom stereocenters. The smallest absolute Gasteiger partial charge is 0.141 e. The number of phenols is 2. The average molecular weight is 310 g/mol. The lowest BCUT2D eigenvalue weighted by Gasteiger charge is -2.09. The van der Waals surface area contributed by atoms with Crippen LogP contribution in [-0.2, 0) is 0 Å². The van der Waals surface area contributed by atoms with E-state index in [1.165, 1.54) is 0 Å². The Hall–Kier alpha value is -2.75. The third-order valence-corrected chi connectivity index (χ3v) is 3.34. The van der Waals surface area contributed by atoms with Crippen LogP contribution in [0.2, 0.25) is 0 Å². The molecule has 23 heavy (non-hydrogen) atoms. The van der Waals surface area contributed by atoms with Crippen LogP contribution in [0.4, 0.5) is 11.4 Å². The Bertz CT molecular complexity index is 777. The van der Waals surface area contributed by atoms with Crippen molar-refractivity contribution in [3.05, 3.63) is 59.3 Å². The first-order chi connectivity index (χ1) is 10.8. The van der Waals surface area contributed by atoms with Crippen LogP contribution >= 0.6 is 0 Å². The molecule has 0 fully saturated rings. The fourth-order valence-corrected chi connectivity index (χ4v) is 2.26. The highest BCUT2D eigenvalue weighted by molar-refractivity contribution is 5.96. The fourth-order valence-electron chi connectivity index (χ4n) is 2.26. The second kappa shape index (κ2) is 7.01. The lowest BCUT2D eigenvalue weighted by atomic mass is 10.2. The molecule has 0 heterocycles. The topological polar surface area (TPSA) is 64.8 Å². The lowest BCUT2D eigenvalue weighted by molar-refractivity contribution is 0.476. The molecule has 0 bridgehead atoms. The van der Waals surface area contributed by atoms with Gasteiger partial charge in [0.1, 0.15) is 17.2 Å². The first kappa shape index (κ1) is 16.6. The molecular formula is C19H22N2O2. The monoisotopic (exact) mass is 310 g/mol. The number of phenolic OH excluding ortho intramolecular Hbond substituents is 2. The molecule has 0 amide bonds. The number of nitrogens with zero attached hydrogens (tertiary/aromatic N) is 1. The molecule has 0 aliphatic carbocycles. The second-order valence-corrected chi connectivity index (χ2v) is 5.72. The van der Waals surface area contributed by atoms with Gasteiger partial charge in [-0.1, -0.05) is 12.1 Å². The number of hydrogen-bond donors (Lipinski definition) is 3. The highest BCUT2D eigenvalue weighted by Crippen LogP contribution is 2.28. The van der Waals surface area contributed by atoms with E-state index in [0.29, 0.717) is 11.4 Å². The van der Waals surface area contributed by atoms with Crippen molar-refractivity contribution in [2.24, 2.45) is 4.99 Å². The van der Waals surface area contributed by atoms with E-state index in [0.717, 1.165) is 22.5 Å². The van der Waals surface area contributed by atoms with E-state index in [4.69, 9.17) is 0 Å². The van der Waals surface area contributed by atoms with Crippen LogP contribution in [0.1, 0.15) is 25.0 Å². The van der Waals surface area contributed by atoms with Crippen LogP contribution in [0.3, 0.4) is 0 Å². The zero-order valence-corrected chi connectivity index (χ0v) is 13.9. The summed E-state index contributed by atoms with van der Waals surface area (Å²) in [5.41, 5.74) is 4.77. The van der Waals surface area contributed by atoms with E-state index < -0.39 is 0 Å². The van der Waals surface area contributed by atoms with Crippen molar-refractivity contribution in [3.63, 3.8) is 0 Å². The summed E-state index contributed by atoms with van der Waals surface area (Å²) in [4.78, 5) is 4.41. The molecule has 4 heteroatoms. The Kier molecular flexibility index (Phi) is 5.06. The minimum Gasteiger partial charge on any atom is -0.506 e. The number of benzene rings is 2. The zero-order valence-electron chi connectivity index (χ0n) is 13.9. The number of allylic oxidation sites excluding steroid dienone is 2. The molecule has 0 saturated carbocycles. The quantitative estimate of drug-likeness (QED) is 0.560. The summed E-state index contributed by atoms with van der Waals surface area (Å²) < 4.78 is 0. The van der Waals surface area contributed by atoms with Crippen molar-refractivity contribution < 1.29 is 10.2 Å². The molecule has 3 N–H and O–H groups in total. The predicted octanol–water partition coefficient (Wildman–Crippen LogP) is 4.82.